The highest BCUT2D eigenvalue weighted by atomic mass is 16.6. The van der Waals surface area contributed by atoms with Crippen LogP contribution in [-0.2, 0) is 9.47 Å². The van der Waals surface area contributed by atoms with Crippen LogP contribution in [0, 0.1) is 0 Å². The van der Waals surface area contributed by atoms with E-state index in [2.05, 4.69) is 17.6 Å². The van der Waals surface area contributed by atoms with Crippen LogP contribution in [0.1, 0.15) is 59.8 Å². The predicted octanol–water partition coefficient (Wildman–Crippen LogP) is 2.84. The van der Waals surface area contributed by atoms with Crippen LogP contribution in [0.2, 0.25) is 0 Å². The van der Waals surface area contributed by atoms with Crippen LogP contribution in [-0.4, -0.2) is 43.5 Å². The molecule has 0 aromatic rings. The molecule has 0 aromatic carbocycles. The Morgan fingerprint density at radius 1 is 1.29 bits per heavy atom. The van der Waals surface area contributed by atoms with Gasteiger partial charge in [-0.25, -0.2) is 4.79 Å². The molecule has 5 heteroatoms. The minimum Gasteiger partial charge on any atom is -0.444 e. The lowest BCUT2D eigenvalue weighted by Crippen LogP contribution is -2.48. The fraction of sp³-hybridized carbons (Fsp3) is 0.938. The van der Waals surface area contributed by atoms with Crippen molar-refractivity contribution in [2.45, 2.75) is 83.5 Å². The standard InChI is InChI=1S/C16H32N2O3/c1-6-12(11-20-5)17-13-8-7-9-14(10-13)18-15(19)21-16(2,3)4/h12-14,17H,6-11H2,1-5H3,(H,18,19). The number of alkyl carbamates (subject to hydrolysis) is 1. The smallest absolute Gasteiger partial charge is 0.407 e. The van der Waals surface area contributed by atoms with Crippen molar-refractivity contribution in [3.05, 3.63) is 0 Å². The molecule has 5 nitrogen and oxygen atoms in total. The molecule has 0 aromatic heterocycles. The summed E-state index contributed by atoms with van der Waals surface area (Å²) in [6, 6.07) is 1.03. The number of ether oxygens (including phenoxy) is 2. The Balaban J connectivity index is 2.39. The van der Waals surface area contributed by atoms with Gasteiger partial charge in [0.25, 0.3) is 0 Å². The van der Waals surface area contributed by atoms with E-state index in [-0.39, 0.29) is 12.1 Å². The SMILES string of the molecule is CCC(COC)NC1CCCC(NC(=O)OC(C)(C)C)C1. The number of nitrogens with one attached hydrogen (secondary N) is 2. The Bertz CT molecular complexity index is 315. The third-order valence-corrected chi connectivity index (χ3v) is 3.73. The van der Waals surface area contributed by atoms with Gasteiger partial charge < -0.3 is 20.1 Å². The van der Waals surface area contributed by atoms with Crippen LogP contribution in [0.5, 0.6) is 0 Å². The van der Waals surface area contributed by atoms with Crippen molar-refractivity contribution in [1.82, 2.24) is 10.6 Å². The minimum absolute atomic E-state index is 0.200. The monoisotopic (exact) mass is 300 g/mol. The van der Waals surface area contributed by atoms with Gasteiger partial charge in [0.1, 0.15) is 5.60 Å². The Kier molecular flexibility index (Phi) is 7.46. The normalized spacial score (nSPS) is 24.4. The molecule has 21 heavy (non-hydrogen) atoms. The third kappa shape index (κ3) is 7.67. The number of rotatable bonds is 6. The Morgan fingerprint density at radius 2 is 1.95 bits per heavy atom. The van der Waals surface area contributed by atoms with Gasteiger partial charge in [-0.1, -0.05) is 6.92 Å². The number of carbonyl (C=O) groups is 1. The average molecular weight is 300 g/mol. The summed E-state index contributed by atoms with van der Waals surface area (Å²) < 4.78 is 10.6. The van der Waals surface area contributed by atoms with Crippen LogP contribution in [0.3, 0.4) is 0 Å². The maximum absolute atomic E-state index is 11.8. The van der Waals surface area contributed by atoms with E-state index in [1.165, 1.54) is 0 Å². The molecule has 0 bridgehead atoms. The van der Waals surface area contributed by atoms with Crippen molar-refractivity contribution >= 4 is 6.09 Å². The predicted molar refractivity (Wildman–Crippen MR) is 84.5 cm³/mol. The second-order valence-corrected chi connectivity index (χ2v) is 6.93. The molecule has 0 spiro atoms. The van der Waals surface area contributed by atoms with Gasteiger partial charge in [-0.15, -0.1) is 0 Å². The molecule has 0 radical (unpaired) electrons. The lowest BCUT2D eigenvalue weighted by Gasteiger charge is -2.33. The first-order valence-electron chi connectivity index (χ1n) is 8.08. The molecule has 0 heterocycles. The van der Waals surface area contributed by atoms with E-state index in [1.807, 2.05) is 20.8 Å². The topological polar surface area (TPSA) is 59.6 Å². The fourth-order valence-corrected chi connectivity index (χ4v) is 2.76. The molecule has 0 aliphatic heterocycles. The van der Waals surface area contributed by atoms with E-state index in [9.17, 15) is 4.79 Å². The maximum atomic E-state index is 11.8. The van der Waals surface area contributed by atoms with E-state index in [4.69, 9.17) is 9.47 Å². The Labute approximate surface area is 129 Å². The summed E-state index contributed by atoms with van der Waals surface area (Å²) in [4.78, 5) is 11.8. The van der Waals surface area contributed by atoms with Crippen LogP contribution in [0.25, 0.3) is 0 Å². The first-order valence-corrected chi connectivity index (χ1v) is 8.08. The lowest BCUT2D eigenvalue weighted by molar-refractivity contribution is 0.0486. The molecule has 1 rings (SSSR count). The molecule has 1 aliphatic carbocycles. The minimum atomic E-state index is -0.442. The van der Waals surface area contributed by atoms with Gasteiger partial charge in [-0.2, -0.15) is 0 Å². The van der Waals surface area contributed by atoms with Gasteiger partial charge in [-0.05, 0) is 52.9 Å². The van der Waals surface area contributed by atoms with Crippen molar-refractivity contribution in [1.29, 1.82) is 0 Å². The van der Waals surface area contributed by atoms with E-state index in [1.54, 1.807) is 7.11 Å². The van der Waals surface area contributed by atoms with Gasteiger partial charge in [0, 0.05) is 25.2 Å². The molecule has 1 amide bonds. The summed E-state index contributed by atoms with van der Waals surface area (Å²) in [5.41, 5.74) is -0.442. The van der Waals surface area contributed by atoms with Gasteiger partial charge >= 0.3 is 6.09 Å². The highest BCUT2D eigenvalue weighted by Crippen LogP contribution is 2.20. The fourth-order valence-electron chi connectivity index (χ4n) is 2.76. The molecule has 1 aliphatic rings. The van der Waals surface area contributed by atoms with E-state index < -0.39 is 5.60 Å². The quantitative estimate of drug-likeness (QED) is 0.792. The van der Waals surface area contributed by atoms with Gasteiger partial charge in [0.05, 0.1) is 6.61 Å². The zero-order valence-corrected chi connectivity index (χ0v) is 14.2. The summed E-state index contributed by atoms with van der Waals surface area (Å²) in [5.74, 6) is 0. The first kappa shape index (κ1) is 18.2. The molecule has 1 saturated carbocycles. The molecule has 0 saturated heterocycles. The van der Waals surface area contributed by atoms with Crippen LogP contribution < -0.4 is 10.6 Å². The lowest BCUT2D eigenvalue weighted by atomic mass is 9.90. The number of methoxy groups -OCH3 is 1. The van der Waals surface area contributed by atoms with Crippen molar-refractivity contribution < 1.29 is 14.3 Å². The maximum Gasteiger partial charge on any atom is 0.407 e. The second-order valence-electron chi connectivity index (χ2n) is 6.93. The van der Waals surface area contributed by atoms with Gasteiger partial charge in [0.15, 0.2) is 0 Å². The Hall–Kier alpha value is -0.810. The average Bonchev–Trinajstić information content (AvgIpc) is 2.36. The number of hydrogen-bond donors (Lipinski definition) is 2. The Morgan fingerprint density at radius 3 is 2.52 bits per heavy atom. The zero-order chi connectivity index (χ0) is 15.9. The van der Waals surface area contributed by atoms with Gasteiger partial charge in [-0.3, -0.25) is 0 Å². The van der Waals surface area contributed by atoms with Crippen LogP contribution in [0.15, 0.2) is 0 Å². The van der Waals surface area contributed by atoms with Crippen molar-refractivity contribution in [2.75, 3.05) is 13.7 Å². The summed E-state index contributed by atoms with van der Waals surface area (Å²) in [6.45, 7) is 8.55. The largest absolute Gasteiger partial charge is 0.444 e. The number of amides is 1. The highest BCUT2D eigenvalue weighted by molar-refractivity contribution is 5.68. The molecule has 2 N–H and O–H groups in total. The van der Waals surface area contributed by atoms with Crippen LogP contribution in [0.4, 0.5) is 4.79 Å². The molecular weight excluding hydrogens is 268 g/mol. The molecule has 124 valence electrons. The van der Waals surface area contributed by atoms with E-state index >= 15 is 0 Å². The van der Waals surface area contributed by atoms with E-state index in [0.717, 1.165) is 38.7 Å². The highest BCUT2D eigenvalue weighted by Gasteiger charge is 2.26. The molecule has 3 atom stereocenters. The first-order chi connectivity index (χ1) is 9.84. The van der Waals surface area contributed by atoms with E-state index in [0.29, 0.717) is 12.1 Å². The third-order valence-electron chi connectivity index (χ3n) is 3.73. The number of carbonyl (C=O) groups excluding carboxylic acids is 1. The summed E-state index contributed by atoms with van der Waals surface area (Å²) in [7, 11) is 1.73. The van der Waals surface area contributed by atoms with Gasteiger partial charge in [0.2, 0.25) is 0 Å². The summed E-state index contributed by atoms with van der Waals surface area (Å²) >= 11 is 0. The van der Waals surface area contributed by atoms with Crippen molar-refractivity contribution in [3.8, 4) is 0 Å². The van der Waals surface area contributed by atoms with Crippen LogP contribution >= 0.6 is 0 Å². The molecule has 1 fully saturated rings. The number of hydrogen-bond acceptors (Lipinski definition) is 4. The van der Waals surface area contributed by atoms with Crippen molar-refractivity contribution in [2.24, 2.45) is 0 Å². The summed E-state index contributed by atoms with van der Waals surface area (Å²) in [5, 5.41) is 6.64. The second kappa shape index (κ2) is 8.59. The zero-order valence-electron chi connectivity index (χ0n) is 14.2. The molecule has 3 unspecified atom stereocenters. The van der Waals surface area contributed by atoms with Crippen molar-refractivity contribution in [3.63, 3.8) is 0 Å². The summed E-state index contributed by atoms with van der Waals surface area (Å²) in [6.07, 6.45) is 5.01. The molecular formula is C16H32N2O3.